The summed E-state index contributed by atoms with van der Waals surface area (Å²) in [6.07, 6.45) is 3.24. The fourth-order valence-electron chi connectivity index (χ4n) is 3.42. The molecule has 0 fully saturated rings. The van der Waals surface area contributed by atoms with Crippen LogP contribution in [-0.4, -0.2) is 21.2 Å². The molecular weight excluding hydrogens is 452 g/mol. The summed E-state index contributed by atoms with van der Waals surface area (Å²) in [4.78, 5) is 30.6. The van der Waals surface area contributed by atoms with Gasteiger partial charge in [0.05, 0.1) is 27.9 Å². The van der Waals surface area contributed by atoms with Crippen LogP contribution in [-0.2, 0) is 11.2 Å². The maximum Gasteiger partial charge on any atom is 0.266 e. The minimum absolute atomic E-state index is 0.0577. The van der Waals surface area contributed by atoms with Crippen molar-refractivity contribution in [2.75, 3.05) is 11.1 Å². The lowest BCUT2D eigenvalue weighted by atomic mass is 10.1. The van der Waals surface area contributed by atoms with E-state index in [-0.39, 0.29) is 17.2 Å². The summed E-state index contributed by atoms with van der Waals surface area (Å²) < 4.78 is 1.57. The van der Waals surface area contributed by atoms with Crippen molar-refractivity contribution in [1.29, 1.82) is 5.26 Å². The van der Waals surface area contributed by atoms with E-state index in [4.69, 9.17) is 5.26 Å². The minimum Gasteiger partial charge on any atom is -0.316 e. The highest BCUT2D eigenvalue weighted by atomic mass is 32.2. The summed E-state index contributed by atoms with van der Waals surface area (Å²) in [6, 6.07) is 18.9. The van der Waals surface area contributed by atoms with Crippen LogP contribution in [0, 0.1) is 11.3 Å². The van der Waals surface area contributed by atoms with Crippen molar-refractivity contribution in [2.45, 2.75) is 31.3 Å². The number of thiophene rings is 1. The van der Waals surface area contributed by atoms with E-state index in [1.54, 1.807) is 28.1 Å². The number of fused-ring (bicyclic) bond motifs is 1. The van der Waals surface area contributed by atoms with Crippen LogP contribution in [0.2, 0.25) is 0 Å². The number of unbranched alkanes of at least 4 members (excludes halogenated alkanes) is 1. The minimum atomic E-state index is -0.261. The second kappa shape index (κ2) is 10.5. The summed E-state index contributed by atoms with van der Waals surface area (Å²) in [7, 11) is 0. The number of amides is 1. The third kappa shape index (κ3) is 5.16. The van der Waals surface area contributed by atoms with Gasteiger partial charge in [-0.05, 0) is 54.1 Å². The van der Waals surface area contributed by atoms with Crippen LogP contribution in [0.15, 0.2) is 69.9 Å². The Hall–Kier alpha value is -3.41. The number of thioether (sulfide) groups is 1. The van der Waals surface area contributed by atoms with Gasteiger partial charge in [0.1, 0.15) is 11.1 Å². The monoisotopic (exact) mass is 474 g/mol. The maximum absolute atomic E-state index is 13.4. The zero-order valence-corrected chi connectivity index (χ0v) is 19.7. The summed E-state index contributed by atoms with van der Waals surface area (Å²) in [5.74, 6) is -0.204. The van der Waals surface area contributed by atoms with E-state index in [0.29, 0.717) is 32.3 Å². The molecule has 1 amide bonds. The lowest BCUT2D eigenvalue weighted by Gasteiger charge is -2.14. The maximum atomic E-state index is 13.4. The zero-order valence-electron chi connectivity index (χ0n) is 18.1. The Bertz CT molecular complexity index is 1380. The number of rotatable bonds is 8. The van der Waals surface area contributed by atoms with Crippen LogP contribution in [0.25, 0.3) is 16.6 Å². The number of nitrogens with one attached hydrogen (secondary N) is 1. The number of hydrogen-bond acceptors (Lipinski definition) is 6. The summed E-state index contributed by atoms with van der Waals surface area (Å²) in [6.45, 7) is 2.16. The Kier molecular flexibility index (Phi) is 7.23. The van der Waals surface area contributed by atoms with E-state index in [0.717, 1.165) is 19.3 Å². The molecule has 0 bridgehead atoms. The molecule has 0 atom stereocenters. The molecule has 6 nitrogen and oxygen atoms in total. The molecule has 0 aliphatic rings. The van der Waals surface area contributed by atoms with E-state index in [2.05, 4.69) is 23.3 Å². The Morgan fingerprint density at radius 3 is 2.73 bits per heavy atom. The molecule has 4 aromatic rings. The molecule has 2 aromatic carbocycles. The summed E-state index contributed by atoms with van der Waals surface area (Å²) >= 11 is 2.49. The SMILES string of the molecule is CCCCc1ccc(-n2c(SCC(=O)Nc3sccc3C#N)nc3ccccc3c2=O)cc1. The van der Waals surface area contributed by atoms with Gasteiger partial charge >= 0.3 is 0 Å². The normalized spacial score (nSPS) is 10.8. The van der Waals surface area contributed by atoms with Crippen LogP contribution < -0.4 is 10.9 Å². The number of carbonyl (C=O) groups excluding carboxylic acids is 1. The molecule has 0 aliphatic carbocycles. The summed E-state index contributed by atoms with van der Waals surface area (Å²) in [5.41, 5.74) is 2.79. The van der Waals surface area contributed by atoms with Crippen molar-refractivity contribution >= 4 is 44.9 Å². The van der Waals surface area contributed by atoms with Crippen molar-refractivity contribution in [2.24, 2.45) is 0 Å². The van der Waals surface area contributed by atoms with Crippen molar-refractivity contribution in [3.63, 3.8) is 0 Å². The standard InChI is InChI=1S/C25H22N4O2S2/c1-2-3-6-17-9-11-19(12-10-17)29-24(31)20-7-4-5-8-21(20)27-25(29)33-16-22(30)28-23-18(15-26)13-14-32-23/h4-5,7-14H,2-3,6,16H2,1H3,(H,28,30). The molecule has 0 saturated carbocycles. The van der Waals surface area contributed by atoms with Crippen LogP contribution in [0.3, 0.4) is 0 Å². The van der Waals surface area contributed by atoms with E-state index < -0.39 is 0 Å². The lowest BCUT2D eigenvalue weighted by Crippen LogP contribution is -2.23. The van der Waals surface area contributed by atoms with Gasteiger partial charge in [-0.2, -0.15) is 5.26 Å². The van der Waals surface area contributed by atoms with Gasteiger partial charge in [0, 0.05) is 0 Å². The number of benzene rings is 2. The highest BCUT2D eigenvalue weighted by molar-refractivity contribution is 7.99. The number of nitriles is 1. The van der Waals surface area contributed by atoms with Gasteiger partial charge < -0.3 is 5.32 Å². The number of aromatic nitrogens is 2. The number of hydrogen-bond donors (Lipinski definition) is 1. The van der Waals surface area contributed by atoms with Crippen molar-refractivity contribution in [3.05, 3.63) is 81.5 Å². The molecule has 2 aromatic heterocycles. The van der Waals surface area contributed by atoms with Crippen molar-refractivity contribution in [1.82, 2.24) is 9.55 Å². The number of anilines is 1. The van der Waals surface area contributed by atoms with Crippen molar-refractivity contribution in [3.8, 4) is 11.8 Å². The number of para-hydroxylation sites is 1. The first-order chi connectivity index (χ1) is 16.1. The van der Waals surface area contributed by atoms with Gasteiger partial charge in [0.25, 0.3) is 5.56 Å². The molecule has 0 unspecified atom stereocenters. The molecule has 166 valence electrons. The van der Waals surface area contributed by atoms with E-state index in [1.807, 2.05) is 36.4 Å². The molecule has 1 N–H and O–H groups in total. The quantitative estimate of drug-likeness (QED) is 0.273. The van der Waals surface area contributed by atoms with Gasteiger partial charge in [-0.15, -0.1) is 11.3 Å². The fourth-order valence-corrected chi connectivity index (χ4v) is 4.98. The van der Waals surface area contributed by atoms with E-state index >= 15 is 0 Å². The first-order valence-electron chi connectivity index (χ1n) is 10.6. The van der Waals surface area contributed by atoms with Gasteiger partial charge in [-0.1, -0.05) is 49.4 Å². The molecule has 0 spiro atoms. The predicted molar refractivity (Wildman–Crippen MR) is 134 cm³/mol. The van der Waals surface area contributed by atoms with Crippen LogP contribution in [0.1, 0.15) is 30.9 Å². The second-order valence-corrected chi connectivity index (χ2v) is 9.29. The molecule has 8 heteroatoms. The van der Waals surface area contributed by atoms with Crippen LogP contribution >= 0.6 is 23.1 Å². The third-order valence-electron chi connectivity index (χ3n) is 5.13. The zero-order chi connectivity index (χ0) is 23.2. The topological polar surface area (TPSA) is 87.8 Å². The first kappa shape index (κ1) is 22.8. The number of carbonyl (C=O) groups is 1. The largest absolute Gasteiger partial charge is 0.316 e. The third-order valence-corrected chi connectivity index (χ3v) is 6.90. The predicted octanol–water partition coefficient (Wildman–Crippen LogP) is 5.39. The van der Waals surface area contributed by atoms with Gasteiger partial charge in [0.15, 0.2) is 5.16 Å². The molecule has 2 heterocycles. The molecule has 33 heavy (non-hydrogen) atoms. The first-order valence-corrected chi connectivity index (χ1v) is 12.5. The molecule has 4 rings (SSSR count). The van der Waals surface area contributed by atoms with Crippen molar-refractivity contribution < 1.29 is 4.79 Å². The second-order valence-electron chi connectivity index (χ2n) is 7.43. The van der Waals surface area contributed by atoms with E-state index in [9.17, 15) is 9.59 Å². The van der Waals surface area contributed by atoms with Crippen LogP contribution in [0.4, 0.5) is 5.00 Å². The molecular formula is C25H22N4O2S2. The smallest absolute Gasteiger partial charge is 0.266 e. The lowest BCUT2D eigenvalue weighted by molar-refractivity contribution is -0.113. The Labute approximate surface area is 199 Å². The van der Waals surface area contributed by atoms with Crippen LogP contribution in [0.5, 0.6) is 0 Å². The molecule has 0 aliphatic heterocycles. The Morgan fingerprint density at radius 1 is 1.18 bits per heavy atom. The number of aryl methyl sites for hydroxylation is 1. The summed E-state index contributed by atoms with van der Waals surface area (Å²) in [5, 5.41) is 15.2. The average Bonchev–Trinajstić information content (AvgIpc) is 3.29. The van der Waals surface area contributed by atoms with E-state index in [1.165, 1.54) is 28.7 Å². The molecule has 0 radical (unpaired) electrons. The average molecular weight is 475 g/mol. The Morgan fingerprint density at radius 2 is 1.97 bits per heavy atom. The number of nitrogens with zero attached hydrogens (tertiary/aromatic N) is 3. The highest BCUT2D eigenvalue weighted by Gasteiger charge is 2.16. The fraction of sp³-hybridized carbons (Fsp3) is 0.200. The molecule has 0 saturated heterocycles. The van der Waals surface area contributed by atoms with Gasteiger partial charge in [0.2, 0.25) is 5.91 Å². The van der Waals surface area contributed by atoms with Gasteiger partial charge in [-0.25, -0.2) is 4.98 Å². The highest BCUT2D eigenvalue weighted by Crippen LogP contribution is 2.25. The van der Waals surface area contributed by atoms with Gasteiger partial charge in [-0.3, -0.25) is 14.2 Å². The Balaban J connectivity index is 1.64.